The summed E-state index contributed by atoms with van der Waals surface area (Å²) in [6, 6.07) is 14.1. The van der Waals surface area contributed by atoms with Crippen LogP contribution < -0.4 is 5.73 Å². The molecule has 0 radical (unpaired) electrons. The molecule has 0 spiro atoms. The SMILES string of the molecule is Cc1ccc(Sc2cc(Br)ccc2C(=N)N)cc1. The van der Waals surface area contributed by atoms with E-state index >= 15 is 0 Å². The van der Waals surface area contributed by atoms with Crippen molar-refractivity contribution >= 4 is 33.5 Å². The molecular formula is C14H13BrN2S. The van der Waals surface area contributed by atoms with Gasteiger partial charge in [-0.1, -0.05) is 45.4 Å². The van der Waals surface area contributed by atoms with E-state index in [1.807, 2.05) is 18.2 Å². The molecule has 0 atom stereocenters. The molecule has 0 heterocycles. The van der Waals surface area contributed by atoms with Crippen molar-refractivity contribution in [1.29, 1.82) is 5.41 Å². The Labute approximate surface area is 119 Å². The highest BCUT2D eigenvalue weighted by Crippen LogP contribution is 2.32. The van der Waals surface area contributed by atoms with Gasteiger partial charge in [0.25, 0.3) is 0 Å². The molecule has 0 bridgehead atoms. The predicted molar refractivity (Wildman–Crippen MR) is 80.5 cm³/mol. The maximum Gasteiger partial charge on any atom is 0.123 e. The van der Waals surface area contributed by atoms with Crippen molar-refractivity contribution in [2.75, 3.05) is 0 Å². The van der Waals surface area contributed by atoms with Crippen LogP contribution in [0.15, 0.2) is 56.7 Å². The summed E-state index contributed by atoms with van der Waals surface area (Å²) in [6.07, 6.45) is 0. The summed E-state index contributed by atoms with van der Waals surface area (Å²) in [6.45, 7) is 2.06. The van der Waals surface area contributed by atoms with E-state index in [2.05, 4.69) is 47.1 Å². The second kappa shape index (κ2) is 5.59. The lowest BCUT2D eigenvalue weighted by molar-refractivity contribution is 1.31. The van der Waals surface area contributed by atoms with Crippen LogP contribution in [0.25, 0.3) is 0 Å². The van der Waals surface area contributed by atoms with Gasteiger partial charge in [0.2, 0.25) is 0 Å². The van der Waals surface area contributed by atoms with Crippen LogP contribution in [0, 0.1) is 12.3 Å². The van der Waals surface area contributed by atoms with Gasteiger partial charge in [-0.2, -0.15) is 0 Å². The fraction of sp³-hybridized carbons (Fsp3) is 0.0714. The van der Waals surface area contributed by atoms with E-state index in [4.69, 9.17) is 11.1 Å². The Hall–Kier alpha value is -1.26. The number of rotatable bonds is 3. The van der Waals surface area contributed by atoms with Gasteiger partial charge in [-0.25, -0.2) is 0 Å². The smallest absolute Gasteiger partial charge is 0.123 e. The molecule has 92 valence electrons. The van der Waals surface area contributed by atoms with E-state index in [1.54, 1.807) is 11.8 Å². The lowest BCUT2D eigenvalue weighted by Gasteiger charge is -2.08. The highest BCUT2D eigenvalue weighted by Gasteiger charge is 2.07. The molecule has 0 aliphatic carbocycles. The molecular weight excluding hydrogens is 308 g/mol. The van der Waals surface area contributed by atoms with E-state index in [1.165, 1.54) is 5.56 Å². The van der Waals surface area contributed by atoms with Gasteiger partial charge in [-0.15, -0.1) is 0 Å². The predicted octanol–water partition coefficient (Wildman–Crippen LogP) is 4.19. The minimum absolute atomic E-state index is 0.0945. The standard InChI is InChI=1S/C14H13BrN2S/c1-9-2-5-11(6-3-9)18-13-8-10(15)4-7-12(13)14(16)17/h2-8H,1H3,(H3,16,17). The summed E-state index contributed by atoms with van der Waals surface area (Å²) in [5, 5.41) is 7.60. The maximum atomic E-state index is 7.60. The summed E-state index contributed by atoms with van der Waals surface area (Å²) in [4.78, 5) is 2.13. The van der Waals surface area contributed by atoms with E-state index in [-0.39, 0.29) is 5.84 Å². The first-order valence-electron chi connectivity index (χ1n) is 5.45. The largest absolute Gasteiger partial charge is 0.384 e. The number of nitrogens with one attached hydrogen (secondary N) is 1. The first-order valence-corrected chi connectivity index (χ1v) is 7.05. The quantitative estimate of drug-likeness (QED) is 0.658. The Bertz CT molecular complexity index is 579. The van der Waals surface area contributed by atoms with Crippen LogP contribution in [-0.2, 0) is 0 Å². The molecule has 2 aromatic carbocycles. The van der Waals surface area contributed by atoms with E-state index in [9.17, 15) is 0 Å². The first-order chi connectivity index (χ1) is 8.56. The Morgan fingerprint density at radius 3 is 2.44 bits per heavy atom. The number of benzene rings is 2. The van der Waals surface area contributed by atoms with Crippen molar-refractivity contribution < 1.29 is 0 Å². The van der Waals surface area contributed by atoms with Crippen molar-refractivity contribution in [2.45, 2.75) is 16.7 Å². The molecule has 0 unspecified atom stereocenters. The fourth-order valence-electron chi connectivity index (χ4n) is 1.54. The zero-order valence-electron chi connectivity index (χ0n) is 9.91. The van der Waals surface area contributed by atoms with Gasteiger partial charge in [0.1, 0.15) is 5.84 Å². The number of aryl methyl sites for hydroxylation is 1. The normalized spacial score (nSPS) is 10.3. The van der Waals surface area contributed by atoms with Gasteiger partial charge >= 0.3 is 0 Å². The van der Waals surface area contributed by atoms with Crippen LogP contribution >= 0.6 is 27.7 Å². The van der Waals surface area contributed by atoms with Crippen molar-refractivity contribution in [2.24, 2.45) is 5.73 Å². The molecule has 0 aromatic heterocycles. The molecule has 18 heavy (non-hydrogen) atoms. The van der Waals surface area contributed by atoms with Gasteiger partial charge in [0.15, 0.2) is 0 Å². The van der Waals surface area contributed by atoms with Crippen LogP contribution in [-0.4, -0.2) is 5.84 Å². The molecule has 3 N–H and O–H groups in total. The molecule has 0 fully saturated rings. The summed E-state index contributed by atoms with van der Waals surface area (Å²) >= 11 is 5.06. The number of hydrogen-bond acceptors (Lipinski definition) is 2. The van der Waals surface area contributed by atoms with Crippen molar-refractivity contribution in [1.82, 2.24) is 0 Å². The second-order valence-corrected chi connectivity index (χ2v) is 6.00. The average Bonchev–Trinajstić information content (AvgIpc) is 2.32. The van der Waals surface area contributed by atoms with E-state index in [0.29, 0.717) is 0 Å². The number of hydrogen-bond donors (Lipinski definition) is 2. The van der Waals surface area contributed by atoms with Crippen LogP contribution in [0.3, 0.4) is 0 Å². The second-order valence-electron chi connectivity index (χ2n) is 3.97. The number of nitrogen functional groups attached to an aromatic ring is 1. The highest BCUT2D eigenvalue weighted by atomic mass is 79.9. The van der Waals surface area contributed by atoms with E-state index < -0.39 is 0 Å². The minimum atomic E-state index is 0.0945. The fourth-order valence-corrected chi connectivity index (χ4v) is 3.05. The number of nitrogens with two attached hydrogens (primary N) is 1. The Morgan fingerprint density at radius 2 is 1.83 bits per heavy atom. The van der Waals surface area contributed by atoms with Gasteiger partial charge < -0.3 is 5.73 Å². The Balaban J connectivity index is 2.35. The van der Waals surface area contributed by atoms with Crippen LogP contribution in [0.1, 0.15) is 11.1 Å². The topological polar surface area (TPSA) is 49.9 Å². The monoisotopic (exact) mass is 320 g/mol. The molecule has 2 aromatic rings. The van der Waals surface area contributed by atoms with Gasteiger partial charge in [-0.05, 0) is 37.3 Å². The Kier molecular flexibility index (Phi) is 4.09. The van der Waals surface area contributed by atoms with Crippen LogP contribution in [0.2, 0.25) is 0 Å². The third-order valence-corrected chi connectivity index (χ3v) is 4.04. The summed E-state index contributed by atoms with van der Waals surface area (Å²) in [5.74, 6) is 0.0945. The molecule has 0 amide bonds. The van der Waals surface area contributed by atoms with Crippen LogP contribution in [0.4, 0.5) is 0 Å². The molecule has 2 nitrogen and oxygen atoms in total. The maximum absolute atomic E-state index is 7.60. The van der Waals surface area contributed by atoms with Gasteiger partial charge in [0, 0.05) is 19.8 Å². The lowest BCUT2D eigenvalue weighted by Crippen LogP contribution is -2.12. The van der Waals surface area contributed by atoms with Gasteiger partial charge in [-0.3, -0.25) is 5.41 Å². The third-order valence-electron chi connectivity index (χ3n) is 2.48. The van der Waals surface area contributed by atoms with E-state index in [0.717, 1.165) is 19.8 Å². The zero-order valence-corrected chi connectivity index (χ0v) is 12.3. The molecule has 4 heteroatoms. The van der Waals surface area contributed by atoms with Gasteiger partial charge in [0.05, 0.1) is 0 Å². The molecule has 2 rings (SSSR count). The summed E-state index contributed by atoms with van der Waals surface area (Å²) in [5.41, 5.74) is 7.60. The van der Waals surface area contributed by atoms with Crippen molar-refractivity contribution in [3.63, 3.8) is 0 Å². The third kappa shape index (κ3) is 3.15. The average molecular weight is 321 g/mol. The molecule has 0 saturated carbocycles. The molecule has 0 aliphatic heterocycles. The Morgan fingerprint density at radius 1 is 1.17 bits per heavy atom. The summed E-state index contributed by atoms with van der Waals surface area (Å²) in [7, 11) is 0. The minimum Gasteiger partial charge on any atom is -0.384 e. The lowest BCUT2D eigenvalue weighted by atomic mass is 10.2. The highest BCUT2D eigenvalue weighted by molar-refractivity contribution is 9.10. The zero-order chi connectivity index (χ0) is 13.1. The number of amidine groups is 1. The molecule has 0 saturated heterocycles. The number of halogens is 1. The van der Waals surface area contributed by atoms with Crippen LogP contribution in [0.5, 0.6) is 0 Å². The molecule has 0 aliphatic rings. The van der Waals surface area contributed by atoms with Crippen molar-refractivity contribution in [3.8, 4) is 0 Å². The first kappa shape index (κ1) is 13.2. The van der Waals surface area contributed by atoms with Crippen molar-refractivity contribution in [3.05, 3.63) is 58.1 Å². The summed E-state index contributed by atoms with van der Waals surface area (Å²) < 4.78 is 0.988.